The predicted octanol–water partition coefficient (Wildman–Crippen LogP) is 4.92. The number of amides is 2. The maximum absolute atomic E-state index is 13.4. The summed E-state index contributed by atoms with van der Waals surface area (Å²) in [5.41, 5.74) is 2.80. The van der Waals surface area contributed by atoms with E-state index in [0.717, 1.165) is 5.56 Å². The number of halogens is 1. The third-order valence-electron chi connectivity index (χ3n) is 5.51. The standard InChI is InChI=1S/C27H21ClN8O2/c1-29-24-9-5-8-22(33-24)17-10-11-21(28)20(12-17)26(37)34-25-13-23(27(38)32-18-14-30-16-31-15-18)35-36(25)19-6-3-2-4-7-19/h2-16H,1H3,(H,29,33)(H,32,38)(H,34,37). The predicted molar refractivity (Wildman–Crippen MR) is 146 cm³/mol. The Balaban J connectivity index is 1.47. The van der Waals surface area contributed by atoms with Crippen LogP contribution in [0.3, 0.4) is 0 Å². The van der Waals surface area contributed by atoms with E-state index in [4.69, 9.17) is 11.6 Å². The molecule has 0 aliphatic heterocycles. The number of rotatable bonds is 7. The summed E-state index contributed by atoms with van der Waals surface area (Å²) in [7, 11) is 1.78. The van der Waals surface area contributed by atoms with Crippen LogP contribution in [0.2, 0.25) is 5.02 Å². The Kier molecular flexibility index (Phi) is 7.05. The van der Waals surface area contributed by atoms with E-state index in [1.54, 1.807) is 25.2 Å². The lowest BCUT2D eigenvalue weighted by atomic mass is 10.1. The average molecular weight is 525 g/mol. The van der Waals surface area contributed by atoms with Gasteiger partial charge in [-0.3, -0.25) is 9.59 Å². The molecular weight excluding hydrogens is 504 g/mol. The summed E-state index contributed by atoms with van der Waals surface area (Å²) in [6, 6.07) is 21.3. The summed E-state index contributed by atoms with van der Waals surface area (Å²) < 4.78 is 1.48. The minimum absolute atomic E-state index is 0.0842. The van der Waals surface area contributed by atoms with Crippen LogP contribution in [0, 0.1) is 0 Å². The van der Waals surface area contributed by atoms with Gasteiger partial charge in [0.25, 0.3) is 11.8 Å². The maximum Gasteiger partial charge on any atom is 0.276 e. The molecule has 0 radical (unpaired) electrons. The molecule has 3 aromatic heterocycles. The Hall–Kier alpha value is -5.09. The van der Waals surface area contributed by atoms with Gasteiger partial charge >= 0.3 is 0 Å². The summed E-state index contributed by atoms with van der Waals surface area (Å²) in [6.45, 7) is 0. The van der Waals surface area contributed by atoms with Crippen molar-refractivity contribution >= 4 is 40.7 Å². The smallest absolute Gasteiger partial charge is 0.276 e. The monoisotopic (exact) mass is 524 g/mol. The fourth-order valence-electron chi connectivity index (χ4n) is 3.68. The zero-order valence-corrected chi connectivity index (χ0v) is 20.8. The van der Waals surface area contributed by atoms with Crippen molar-refractivity contribution in [1.82, 2.24) is 24.7 Å². The van der Waals surface area contributed by atoms with E-state index in [9.17, 15) is 9.59 Å². The Morgan fingerprint density at radius 1 is 0.868 bits per heavy atom. The SMILES string of the molecule is CNc1cccc(-c2ccc(Cl)c(C(=O)Nc3cc(C(=O)Nc4cncnc4)nn3-c3ccccc3)c2)n1. The highest BCUT2D eigenvalue weighted by molar-refractivity contribution is 6.34. The molecule has 0 atom stereocenters. The lowest BCUT2D eigenvalue weighted by Crippen LogP contribution is -2.16. The molecule has 0 aliphatic carbocycles. The van der Waals surface area contributed by atoms with Crippen LogP contribution in [0.1, 0.15) is 20.8 Å². The van der Waals surface area contributed by atoms with E-state index in [0.29, 0.717) is 22.9 Å². The van der Waals surface area contributed by atoms with E-state index < -0.39 is 11.8 Å². The van der Waals surface area contributed by atoms with Crippen molar-refractivity contribution in [1.29, 1.82) is 0 Å². The van der Waals surface area contributed by atoms with Gasteiger partial charge in [-0.15, -0.1) is 0 Å². The third kappa shape index (κ3) is 5.35. The molecule has 0 unspecified atom stereocenters. The van der Waals surface area contributed by atoms with Crippen LogP contribution in [0.25, 0.3) is 16.9 Å². The molecule has 0 saturated carbocycles. The second-order valence-electron chi connectivity index (χ2n) is 8.05. The second kappa shape index (κ2) is 10.9. The van der Waals surface area contributed by atoms with Gasteiger partial charge in [0.05, 0.1) is 40.0 Å². The summed E-state index contributed by atoms with van der Waals surface area (Å²) in [6.07, 6.45) is 4.30. The molecule has 11 heteroatoms. The average Bonchev–Trinajstić information content (AvgIpc) is 3.38. The van der Waals surface area contributed by atoms with E-state index in [-0.39, 0.29) is 22.1 Å². The number of nitrogens with one attached hydrogen (secondary N) is 3. The van der Waals surface area contributed by atoms with E-state index in [2.05, 4.69) is 36.0 Å². The number of hydrogen-bond acceptors (Lipinski definition) is 7. The van der Waals surface area contributed by atoms with Crippen LogP contribution in [-0.2, 0) is 0 Å². The van der Waals surface area contributed by atoms with Crippen molar-refractivity contribution in [3.63, 3.8) is 0 Å². The zero-order chi connectivity index (χ0) is 26.5. The number of carbonyl (C=O) groups is 2. The van der Waals surface area contributed by atoms with Crippen LogP contribution in [0.5, 0.6) is 0 Å². The van der Waals surface area contributed by atoms with E-state index >= 15 is 0 Å². The van der Waals surface area contributed by atoms with Crippen LogP contribution in [0.4, 0.5) is 17.3 Å². The first-order valence-corrected chi connectivity index (χ1v) is 11.9. The summed E-state index contributed by atoms with van der Waals surface area (Å²) >= 11 is 6.41. The topological polar surface area (TPSA) is 127 Å². The Bertz CT molecular complexity index is 1610. The van der Waals surface area contributed by atoms with Crippen molar-refractivity contribution in [3.8, 4) is 16.9 Å². The third-order valence-corrected chi connectivity index (χ3v) is 5.84. The lowest BCUT2D eigenvalue weighted by molar-refractivity contribution is 0.101. The fourth-order valence-corrected chi connectivity index (χ4v) is 3.89. The van der Waals surface area contributed by atoms with E-state index in [1.807, 2.05) is 48.5 Å². The maximum atomic E-state index is 13.4. The number of carbonyl (C=O) groups excluding carboxylic acids is 2. The number of pyridine rings is 1. The highest BCUT2D eigenvalue weighted by Gasteiger charge is 2.20. The van der Waals surface area contributed by atoms with Gasteiger partial charge in [-0.05, 0) is 36.4 Å². The molecule has 2 amide bonds. The molecule has 0 aliphatic rings. The van der Waals surface area contributed by atoms with Crippen LogP contribution < -0.4 is 16.0 Å². The first-order chi connectivity index (χ1) is 18.5. The molecular formula is C27H21ClN8O2. The highest BCUT2D eigenvalue weighted by Crippen LogP contribution is 2.27. The fraction of sp³-hybridized carbons (Fsp3) is 0.0370. The van der Waals surface area contributed by atoms with Gasteiger partial charge in [0.15, 0.2) is 5.69 Å². The van der Waals surface area contributed by atoms with Crippen LogP contribution >= 0.6 is 11.6 Å². The summed E-state index contributed by atoms with van der Waals surface area (Å²) in [5, 5.41) is 13.2. The van der Waals surface area contributed by atoms with Gasteiger partial charge in [-0.1, -0.05) is 41.9 Å². The van der Waals surface area contributed by atoms with Gasteiger partial charge in [0.2, 0.25) is 0 Å². The number of aromatic nitrogens is 5. The van der Waals surface area contributed by atoms with Gasteiger partial charge in [0.1, 0.15) is 18.0 Å². The largest absolute Gasteiger partial charge is 0.373 e. The Morgan fingerprint density at radius 2 is 1.66 bits per heavy atom. The molecule has 10 nitrogen and oxygen atoms in total. The molecule has 188 valence electrons. The molecule has 0 saturated heterocycles. The second-order valence-corrected chi connectivity index (χ2v) is 8.46. The molecule has 5 rings (SSSR count). The summed E-state index contributed by atoms with van der Waals surface area (Å²) in [5.74, 6) is 0.0261. The minimum Gasteiger partial charge on any atom is -0.373 e. The first-order valence-electron chi connectivity index (χ1n) is 11.5. The van der Waals surface area contributed by atoms with Crippen LogP contribution in [0.15, 0.2) is 91.5 Å². The molecule has 2 aromatic carbocycles. The zero-order valence-electron chi connectivity index (χ0n) is 20.1. The molecule has 0 bridgehead atoms. The highest BCUT2D eigenvalue weighted by atomic mass is 35.5. The number of anilines is 3. The first kappa shape index (κ1) is 24.6. The summed E-state index contributed by atoms with van der Waals surface area (Å²) in [4.78, 5) is 38.6. The molecule has 3 N–H and O–H groups in total. The quantitative estimate of drug-likeness (QED) is 0.275. The number of benzene rings is 2. The van der Waals surface area contributed by atoms with E-state index in [1.165, 1.54) is 29.5 Å². The van der Waals surface area contributed by atoms with Crippen molar-refractivity contribution in [2.24, 2.45) is 0 Å². The van der Waals surface area contributed by atoms with Crippen molar-refractivity contribution in [2.45, 2.75) is 0 Å². The van der Waals surface area contributed by atoms with Crippen LogP contribution in [-0.4, -0.2) is 43.6 Å². The lowest BCUT2D eigenvalue weighted by Gasteiger charge is -2.11. The van der Waals surface area contributed by atoms with Gasteiger partial charge in [0, 0.05) is 18.7 Å². The number of nitrogens with zero attached hydrogens (tertiary/aromatic N) is 5. The molecule has 0 spiro atoms. The van der Waals surface area contributed by atoms with Gasteiger partial charge in [-0.2, -0.15) is 5.10 Å². The van der Waals surface area contributed by atoms with Crippen molar-refractivity contribution < 1.29 is 9.59 Å². The number of hydrogen-bond donors (Lipinski definition) is 3. The normalized spacial score (nSPS) is 10.6. The molecule has 3 heterocycles. The molecule has 38 heavy (non-hydrogen) atoms. The minimum atomic E-state index is -0.486. The van der Waals surface area contributed by atoms with Gasteiger partial charge in [-0.25, -0.2) is 19.6 Å². The van der Waals surface area contributed by atoms with Crippen molar-refractivity contribution in [3.05, 3.63) is 108 Å². The van der Waals surface area contributed by atoms with Crippen molar-refractivity contribution in [2.75, 3.05) is 23.0 Å². The number of para-hydroxylation sites is 1. The Labute approximate surface area is 222 Å². The van der Waals surface area contributed by atoms with Gasteiger partial charge < -0.3 is 16.0 Å². The molecule has 0 fully saturated rings. The molecule has 5 aromatic rings. The Morgan fingerprint density at radius 3 is 2.42 bits per heavy atom.